The fourth-order valence-electron chi connectivity index (χ4n) is 2.44. The van der Waals surface area contributed by atoms with Gasteiger partial charge in [-0.2, -0.15) is 0 Å². The van der Waals surface area contributed by atoms with Gasteiger partial charge in [-0.05, 0) is 18.2 Å². The standard InChI is InChI=1S/C12H12N2O2S2/c1-5-3-6-8(7-4-14-16-9(5)7)12(17-2)18-10(6)11(13)15/h4-5H,3H2,1-2H3,(H2,13,15). The Bertz CT molecular complexity index is 630. The molecule has 18 heavy (non-hydrogen) atoms. The van der Waals surface area contributed by atoms with E-state index in [-0.39, 0.29) is 11.8 Å². The van der Waals surface area contributed by atoms with Gasteiger partial charge in [-0.15, -0.1) is 23.1 Å². The Morgan fingerprint density at radius 3 is 3.11 bits per heavy atom. The number of nitrogens with two attached hydrogens (primary N) is 1. The molecule has 0 aromatic carbocycles. The summed E-state index contributed by atoms with van der Waals surface area (Å²) in [4.78, 5) is 12.2. The highest BCUT2D eigenvalue weighted by atomic mass is 32.2. The van der Waals surface area contributed by atoms with Crippen LogP contribution in [0.1, 0.15) is 33.8 Å². The first-order valence-electron chi connectivity index (χ1n) is 5.57. The van der Waals surface area contributed by atoms with Crippen LogP contribution in [0.4, 0.5) is 0 Å². The summed E-state index contributed by atoms with van der Waals surface area (Å²) in [6, 6.07) is 0. The van der Waals surface area contributed by atoms with Crippen LogP contribution in [0.2, 0.25) is 0 Å². The number of hydrogen-bond acceptors (Lipinski definition) is 5. The number of carbonyl (C=O) groups excluding carboxylic acids is 1. The van der Waals surface area contributed by atoms with Gasteiger partial charge in [0, 0.05) is 17.0 Å². The van der Waals surface area contributed by atoms with Crippen LogP contribution in [0.3, 0.4) is 0 Å². The molecule has 94 valence electrons. The molecule has 1 atom stereocenters. The number of thioether (sulfide) groups is 1. The van der Waals surface area contributed by atoms with Crippen molar-refractivity contribution >= 4 is 29.0 Å². The van der Waals surface area contributed by atoms with Gasteiger partial charge in [-0.3, -0.25) is 4.79 Å². The number of primary amides is 1. The predicted octanol–water partition coefficient (Wildman–Crippen LogP) is 2.88. The van der Waals surface area contributed by atoms with E-state index in [0.29, 0.717) is 4.88 Å². The number of aromatic nitrogens is 1. The summed E-state index contributed by atoms with van der Waals surface area (Å²) in [6.07, 6.45) is 4.52. The highest BCUT2D eigenvalue weighted by Crippen LogP contribution is 2.49. The van der Waals surface area contributed by atoms with Gasteiger partial charge in [-0.25, -0.2) is 0 Å². The SMILES string of the molecule is CSc1sc(C(N)=O)c2c1-c1cnoc1C(C)C2. The minimum atomic E-state index is -0.344. The average Bonchev–Trinajstić information content (AvgIpc) is 2.91. The topological polar surface area (TPSA) is 69.1 Å². The van der Waals surface area contributed by atoms with E-state index in [1.165, 1.54) is 11.3 Å². The maximum atomic E-state index is 11.5. The molecule has 2 aromatic heterocycles. The molecule has 4 nitrogen and oxygen atoms in total. The maximum absolute atomic E-state index is 11.5. The number of thiophene rings is 1. The van der Waals surface area contributed by atoms with Crippen molar-refractivity contribution in [1.29, 1.82) is 0 Å². The van der Waals surface area contributed by atoms with Gasteiger partial charge >= 0.3 is 0 Å². The van der Waals surface area contributed by atoms with E-state index in [4.69, 9.17) is 10.3 Å². The fraction of sp³-hybridized carbons (Fsp3) is 0.333. The summed E-state index contributed by atoms with van der Waals surface area (Å²) in [6.45, 7) is 2.08. The molecule has 0 saturated heterocycles. The van der Waals surface area contributed by atoms with Gasteiger partial charge in [0.2, 0.25) is 0 Å². The third-order valence-corrected chi connectivity index (χ3v) is 5.58. The summed E-state index contributed by atoms with van der Waals surface area (Å²) in [5.74, 6) is 0.799. The van der Waals surface area contributed by atoms with Gasteiger partial charge in [0.1, 0.15) is 5.76 Å². The van der Waals surface area contributed by atoms with E-state index >= 15 is 0 Å². The molecule has 2 aromatic rings. The van der Waals surface area contributed by atoms with Gasteiger partial charge in [0.25, 0.3) is 5.91 Å². The first-order chi connectivity index (χ1) is 8.63. The van der Waals surface area contributed by atoms with Crippen molar-refractivity contribution in [3.05, 3.63) is 22.4 Å². The lowest BCUT2D eigenvalue weighted by molar-refractivity contribution is 0.100. The van der Waals surface area contributed by atoms with E-state index in [1.807, 2.05) is 6.26 Å². The monoisotopic (exact) mass is 280 g/mol. The molecule has 3 rings (SSSR count). The Labute approximate surface area is 113 Å². The van der Waals surface area contributed by atoms with Crippen LogP contribution in [-0.4, -0.2) is 17.3 Å². The zero-order chi connectivity index (χ0) is 12.9. The molecule has 1 unspecified atom stereocenters. The van der Waals surface area contributed by atoms with E-state index in [1.54, 1.807) is 18.0 Å². The number of carbonyl (C=O) groups is 1. The smallest absolute Gasteiger partial charge is 0.259 e. The Kier molecular flexibility index (Phi) is 2.71. The van der Waals surface area contributed by atoms with Crippen LogP contribution in [0, 0.1) is 0 Å². The molecular weight excluding hydrogens is 268 g/mol. The molecule has 2 heterocycles. The lowest BCUT2D eigenvalue weighted by Crippen LogP contribution is -2.14. The first kappa shape index (κ1) is 11.8. The van der Waals surface area contributed by atoms with Crippen molar-refractivity contribution < 1.29 is 9.32 Å². The molecule has 1 aliphatic carbocycles. The van der Waals surface area contributed by atoms with Crippen LogP contribution >= 0.6 is 23.1 Å². The number of fused-ring (bicyclic) bond motifs is 3. The fourth-order valence-corrected chi connectivity index (χ4v) is 4.39. The van der Waals surface area contributed by atoms with Crippen molar-refractivity contribution in [2.24, 2.45) is 5.73 Å². The Morgan fingerprint density at radius 1 is 1.67 bits per heavy atom. The second kappa shape index (κ2) is 4.13. The predicted molar refractivity (Wildman–Crippen MR) is 72.2 cm³/mol. The number of hydrogen-bond donors (Lipinski definition) is 1. The second-order valence-corrected chi connectivity index (χ2v) is 6.45. The molecule has 0 aliphatic heterocycles. The van der Waals surface area contributed by atoms with Crippen molar-refractivity contribution in [1.82, 2.24) is 5.16 Å². The summed E-state index contributed by atoms with van der Waals surface area (Å²) in [5.41, 5.74) is 8.63. The summed E-state index contributed by atoms with van der Waals surface area (Å²) in [7, 11) is 0. The molecule has 0 bridgehead atoms. The summed E-state index contributed by atoms with van der Waals surface area (Å²) < 4.78 is 6.43. The van der Waals surface area contributed by atoms with Crippen LogP contribution in [0.25, 0.3) is 11.1 Å². The van der Waals surface area contributed by atoms with Crippen molar-refractivity contribution in [3.8, 4) is 11.1 Å². The maximum Gasteiger partial charge on any atom is 0.259 e. The highest BCUT2D eigenvalue weighted by molar-refractivity contribution is 8.00. The lowest BCUT2D eigenvalue weighted by atomic mass is 9.85. The molecule has 1 aliphatic rings. The van der Waals surface area contributed by atoms with Crippen LogP contribution < -0.4 is 5.73 Å². The molecule has 0 fully saturated rings. The minimum absolute atomic E-state index is 0.234. The van der Waals surface area contributed by atoms with Gasteiger partial charge < -0.3 is 10.3 Å². The summed E-state index contributed by atoms with van der Waals surface area (Å²) >= 11 is 3.10. The minimum Gasteiger partial charge on any atom is -0.365 e. The van der Waals surface area contributed by atoms with E-state index in [0.717, 1.165) is 33.1 Å². The van der Waals surface area contributed by atoms with Crippen LogP contribution in [0.15, 0.2) is 14.9 Å². The van der Waals surface area contributed by atoms with Crippen LogP contribution in [-0.2, 0) is 6.42 Å². The largest absolute Gasteiger partial charge is 0.365 e. The molecule has 1 amide bonds. The average molecular weight is 280 g/mol. The van der Waals surface area contributed by atoms with Crippen LogP contribution in [0.5, 0.6) is 0 Å². The van der Waals surface area contributed by atoms with E-state index < -0.39 is 0 Å². The normalized spacial score (nSPS) is 17.3. The first-order valence-corrected chi connectivity index (χ1v) is 7.62. The Morgan fingerprint density at radius 2 is 2.44 bits per heavy atom. The second-order valence-electron chi connectivity index (χ2n) is 4.35. The van der Waals surface area contributed by atoms with Crippen molar-refractivity contribution in [3.63, 3.8) is 0 Å². The van der Waals surface area contributed by atoms with Gasteiger partial charge in [0.05, 0.1) is 15.3 Å². The third-order valence-electron chi connectivity index (χ3n) is 3.21. The van der Waals surface area contributed by atoms with Crippen molar-refractivity contribution in [2.45, 2.75) is 23.5 Å². The van der Waals surface area contributed by atoms with E-state index in [9.17, 15) is 4.79 Å². The molecule has 0 radical (unpaired) electrons. The van der Waals surface area contributed by atoms with Gasteiger partial charge in [0.15, 0.2) is 0 Å². The molecule has 2 N–H and O–H groups in total. The zero-order valence-corrected chi connectivity index (χ0v) is 11.7. The number of nitrogens with zero attached hydrogens (tertiary/aromatic N) is 1. The Balaban J connectivity index is 2.30. The molecular formula is C12H12N2O2S2. The third kappa shape index (κ3) is 1.52. The molecule has 0 saturated carbocycles. The van der Waals surface area contributed by atoms with Crippen molar-refractivity contribution in [2.75, 3.05) is 6.26 Å². The lowest BCUT2D eigenvalue weighted by Gasteiger charge is -2.18. The zero-order valence-electron chi connectivity index (χ0n) is 10.0. The molecule has 6 heteroatoms. The summed E-state index contributed by atoms with van der Waals surface area (Å²) in [5, 5.41) is 3.89. The number of rotatable bonds is 2. The quantitative estimate of drug-likeness (QED) is 0.859. The molecule has 0 spiro atoms. The number of amides is 1. The highest BCUT2D eigenvalue weighted by Gasteiger charge is 2.32. The Hall–Kier alpha value is -1.27. The van der Waals surface area contributed by atoms with Gasteiger partial charge in [-0.1, -0.05) is 12.1 Å². The van der Waals surface area contributed by atoms with E-state index in [2.05, 4.69) is 12.1 Å².